The van der Waals surface area contributed by atoms with Crippen LogP contribution in [0.25, 0.3) is 0 Å². The lowest BCUT2D eigenvalue weighted by Crippen LogP contribution is -2.48. The number of piperazine rings is 1. The molecule has 1 aliphatic heterocycles. The van der Waals surface area contributed by atoms with Gasteiger partial charge in [0.15, 0.2) is 4.47 Å². The van der Waals surface area contributed by atoms with E-state index < -0.39 is 12.7 Å². The number of thiazole rings is 1. The Morgan fingerprint density at radius 2 is 1.83 bits per heavy atom. The van der Waals surface area contributed by atoms with E-state index in [4.69, 9.17) is 11.6 Å². The highest BCUT2D eigenvalue weighted by atomic mass is 35.5. The van der Waals surface area contributed by atoms with Crippen molar-refractivity contribution in [2.75, 3.05) is 32.7 Å². The van der Waals surface area contributed by atoms with Crippen LogP contribution in [0.2, 0.25) is 4.47 Å². The summed E-state index contributed by atoms with van der Waals surface area (Å²) in [6.45, 7) is 2.09. The molecular weight excluding hydrogens is 287 g/mol. The van der Waals surface area contributed by atoms with Crippen LogP contribution in [-0.2, 0) is 6.54 Å². The van der Waals surface area contributed by atoms with E-state index in [0.717, 1.165) is 4.88 Å². The molecule has 0 atom stereocenters. The minimum Gasteiger partial charge on any atom is -0.296 e. The van der Waals surface area contributed by atoms with Gasteiger partial charge in [0.1, 0.15) is 0 Å². The Hall–Kier alpha value is -0.370. The standard InChI is InChI=1S/C10H13ClF3N3S/c11-9-15-5-8(18-9)6-16-1-3-17(4-2-16)7-10(12,13)14/h5H,1-4,6-7H2. The Bertz CT molecular complexity index is 388. The van der Waals surface area contributed by atoms with Crippen molar-refractivity contribution in [1.82, 2.24) is 14.8 Å². The molecule has 102 valence electrons. The Balaban J connectivity index is 1.77. The zero-order valence-corrected chi connectivity index (χ0v) is 11.2. The fourth-order valence-electron chi connectivity index (χ4n) is 1.94. The number of alkyl halides is 3. The second-order valence-corrected chi connectivity index (χ2v) is 5.94. The molecule has 1 saturated heterocycles. The van der Waals surface area contributed by atoms with E-state index in [1.165, 1.54) is 16.2 Å². The molecule has 1 aromatic rings. The number of hydrogen-bond acceptors (Lipinski definition) is 4. The smallest absolute Gasteiger partial charge is 0.296 e. The minimum absolute atomic E-state index is 0.450. The molecule has 2 rings (SSSR count). The molecule has 0 unspecified atom stereocenters. The monoisotopic (exact) mass is 299 g/mol. The van der Waals surface area contributed by atoms with E-state index in [1.54, 1.807) is 6.20 Å². The lowest BCUT2D eigenvalue weighted by molar-refractivity contribution is -0.149. The van der Waals surface area contributed by atoms with Crippen LogP contribution in [0, 0.1) is 0 Å². The van der Waals surface area contributed by atoms with E-state index in [2.05, 4.69) is 9.88 Å². The highest BCUT2D eigenvalue weighted by Crippen LogP contribution is 2.21. The molecule has 0 aliphatic carbocycles. The molecule has 1 aliphatic rings. The van der Waals surface area contributed by atoms with Crippen molar-refractivity contribution in [2.45, 2.75) is 12.7 Å². The third-order valence-corrected chi connectivity index (χ3v) is 3.87. The highest BCUT2D eigenvalue weighted by molar-refractivity contribution is 7.15. The third kappa shape index (κ3) is 4.38. The summed E-state index contributed by atoms with van der Waals surface area (Å²) in [6.07, 6.45) is -2.39. The summed E-state index contributed by atoms with van der Waals surface area (Å²) in [5.41, 5.74) is 0. The predicted octanol–water partition coefficient (Wildman–Crippen LogP) is 2.48. The van der Waals surface area contributed by atoms with Crippen LogP contribution < -0.4 is 0 Å². The van der Waals surface area contributed by atoms with Crippen molar-refractivity contribution in [3.63, 3.8) is 0 Å². The van der Waals surface area contributed by atoms with Gasteiger partial charge in [-0.05, 0) is 0 Å². The van der Waals surface area contributed by atoms with Gasteiger partial charge in [-0.2, -0.15) is 13.2 Å². The molecule has 1 fully saturated rings. The van der Waals surface area contributed by atoms with E-state index >= 15 is 0 Å². The highest BCUT2D eigenvalue weighted by Gasteiger charge is 2.32. The molecule has 0 radical (unpaired) electrons. The maximum Gasteiger partial charge on any atom is 0.401 e. The molecule has 1 aromatic heterocycles. The number of hydrogen-bond donors (Lipinski definition) is 0. The fourth-order valence-corrected chi connectivity index (χ4v) is 2.96. The Morgan fingerprint density at radius 3 is 2.33 bits per heavy atom. The Kier molecular flexibility index (Phi) is 4.47. The van der Waals surface area contributed by atoms with Crippen LogP contribution >= 0.6 is 22.9 Å². The van der Waals surface area contributed by atoms with Gasteiger partial charge in [-0.3, -0.25) is 9.80 Å². The molecule has 0 saturated carbocycles. The third-order valence-electron chi connectivity index (χ3n) is 2.77. The van der Waals surface area contributed by atoms with E-state index in [1.807, 2.05) is 0 Å². The van der Waals surface area contributed by atoms with Gasteiger partial charge in [0.25, 0.3) is 0 Å². The van der Waals surface area contributed by atoms with Crippen molar-refractivity contribution in [3.05, 3.63) is 15.5 Å². The second kappa shape index (κ2) is 5.73. The van der Waals surface area contributed by atoms with Crippen LogP contribution in [0.1, 0.15) is 4.88 Å². The summed E-state index contributed by atoms with van der Waals surface area (Å²) >= 11 is 7.14. The molecule has 0 N–H and O–H groups in total. The van der Waals surface area contributed by atoms with Crippen molar-refractivity contribution < 1.29 is 13.2 Å². The SMILES string of the molecule is FC(F)(F)CN1CCN(Cc2cnc(Cl)s2)CC1. The molecule has 0 spiro atoms. The number of halogens is 4. The number of rotatable bonds is 3. The summed E-state index contributed by atoms with van der Waals surface area (Å²) in [6, 6.07) is 0. The molecule has 18 heavy (non-hydrogen) atoms. The number of aromatic nitrogens is 1. The lowest BCUT2D eigenvalue weighted by atomic mass is 10.3. The zero-order chi connectivity index (χ0) is 13.2. The first-order chi connectivity index (χ1) is 8.42. The summed E-state index contributed by atoms with van der Waals surface area (Å²) in [5, 5.41) is 0. The number of nitrogens with zero attached hydrogens (tertiary/aromatic N) is 3. The van der Waals surface area contributed by atoms with Crippen LogP contribution in [0.15, 0.2) is 6.20 Å². The van der Waals surface area contributed by atoms with Gasteiger partial charge < -0.3 is 0 Å². The normalized spacial score (nSPS) is 19.3. The van der Waals surface area contributed by atoms with Gasteiger partial charge in [0, 0.05) is 43.8 Å². The van der Waals surface area contributed by atoms with Gasteiger partial charge in [-0.25, -0.2) is 4.98 Å². The Morgan fingerprint density at radius 1 is 1.22 bits per heavy atom. The zero-order valence-electron chi connectivity index (χ0n) is 9.58. The molecule has 8 heteroatoms. The van der Waals surface area contributed by atoms with Gasteiger partial charge in [-0.1, -0.05) is 11.6 Å². The minimum atomic E-state index is -4.10. The molecule has 3 nitrogen and oxygen atoms in total. The van der Waals surface area contributed by atoms with Gasteiger partial charge in [-0.15, -0.1) is 11.3 Å². The summed E-state index contributed by atoms with van der Waals surface area (Å²) in [4.78, 5) is 8.55. The van der Waals surface area contributed by atoms with Crippen molar-refractivity contribution >= 4 is 22.9 Å². The lowest BCUT2D eigenvalue weighted by Gasteiger charge is -2.34. The van der Waals surface area contributed by atoms with Crippen molar-refractivity contribution in [2.24, 2.45) is 0 Å². The first-order valence-electron chi connectivity index (χ1n) is 5.54. The average molecular weight is 300 g/mol. The average Bonchev–Trinajstić information content (AvgIpc) is 2.65. The van der Waals surface area contributed by atoms with Crippen molar-refractivity contribution in [1.29, 1.82) is 0 Å². The molecule has 0 aromatic carbocycles. The maximum atomic E-state index is 12.2. The van der Waals surface area contributed by atoms with Crippen LogP contribution in [0.3, 0.4) is 0 Å². The van der Waals surface area contributed by atoms with Gasteiger partial charge in [0.05, 0.1) is 6.54 Å². The van der Waals surface area contributed by atoms with Gasteiger partial charge >= 0.3 is 6.18 Å². The topological polar surface area (TPSA) is 19.4 Å². The van der Waals surface area contributed by atoms with Crippen LogP contribution in [0.4, 0.5) is 13.2 Å². The maximum absolute atomic E-state index is 12.2. The quantitative estimate of drug-likeness (QED) is 0.855. The predicted molar refractivity (Wildman–Crippen MR) is 64.9 cm³/mol. The van der Waals surface area contributed by atoms with Crippen molar-refractivity contribution in [3.8, 4) is 0 Å². The molecule has 2 heterocycles. The van der Waals surface area contributed by atoms with E-state index in [-0.39, 0.29) is 0 Å². The summed E-state index contributed by atoms with van der Waals surface area (Å²) in [5.74, 6) is 0. The summed E-state index contributed by atoms with van der Waals surface area (Å²) in [7, 11) is 0. The molecular formula is C10H13ClF3N3S. The fraction of sp³-hybridized carbons (Fsp3) is 0.700. The molecule has 0 bridgehead atoms. The molecule has 0 amide bonds. The largest absolute Gasteiger partial charge is 0.401 e. The second-order valence-electron chi connectivity index (χ2n) is 4.25. The Labute approximate surface area is 112 Å². The van der Waals surface area contributed by atoms with E-state index in [9.17, 15) is 13.2 Å². The summed E-state index contributed by atoms with van der Waals surface area (Å²) < 4.78 is 37.1. The first-order valence-corrected chi connectivity index (χ1v) is 6.73. The first kappa shape index (κ1) is 14.0. The van der Waals surface area contributed by atoms with E-state index in [0.29, 0.717) is 37.2 Å². The van der Waals surface area contributed by atoms with Crippen LogP contribution in [-0.4, -0.2) is 53.7 Å². The van der Waals surface area contributed by atoms with Crippen LogP contribution in [0.5, 0.6) is 0 Å². The van der Waals surface area contributed by atoms with Gasteiger partial charge in [0.2, 0.25) is 0 Å².